The van der Waals surface area contributed by atoms with E-state index in [2.05, 4.69) is 15.0 Å². The molecule has 0 aliphatic carbocycles. The number of nitrogens with two attached hydrogens (primary N) is 2. The normalized spacial score (nSPS) is 12.2. The van der Waals surface area contributed by atoms with Gasteiger partial charge in [0.1, 0.15) is 23.9 Å². The molecule has 3 heterocycles. The maximum atomic E-state index is 6.25. The monoisotopic (exact) mass is 389 g/mol. The van der Waals surface area contributed by atoms with Crippen LogP contribution in [-0.4, -0.2) is 34.7 Å². The highest BCUT2D eigenvalue weighted by Gasteiger charge is 2.11. The maximum Gasteiger partial charge on any atom is 0.138 e. The summed E-state index contributed by atoms with van der Waals surface area (Å²) in [5, 5.41) is 2.76. The number of aromatic nitrogens is 3. The Morgan fingerprint density at radius 1 is 1.00 bits per heavy atom. The van der Waals surface area contributed by atoms with Crippen LogP contribution in [0.4, 0.5) is 5.82 Å². The van der Waals surface area contributed by atoms with Gasteiger partial charge >= 0.3 is 0 Å². The number of fused-ring (bicyclic) bond motifs is 3. The molecule has 0 aliphatic heterocycles. The Morgan fingerprint density at radius 2 is 1.86 bits per heavy atom. The van der Waals surface area contributed by atoms with Gasteiger partial charge in [0.15, 0.2) is 0 Å². The molecule has 4 aromatic rings. The Labute approximate surface area is 168 Å². The van der Waals surface area contributed by atoms with Gasteiger partial charge < -0.3 is 20.9 Å². The predicted molar refractivity (Wildman–Crippen MR) is 115 cm³/mol. The van der Waals surface area contributed by atoms with Crippen LogP contribution in [0.3, 0.4) is 0 Å². The fourth-order valence-corrected chi connectivity index (χ4v) is 3.15. The Balaban J connectivity index is 1.79. The van der Waals surface area contributed by atoms with Crippen LogP contribution in [0.25, 0.3) is 32.9 Å². The molecule has 1 atom stereocenters. The van der Waals surface area contributed by atoms with Crippen LogP contribution in [0.15, 0.2) is 48.9 Å². The van der Waals surface area contributed by atoms with E-state index < -0.39 is 0 Å². The fourth-order valence-electron chi connectivity index (χ4n) is 3.15. The van der Waals surface area contributed by atoms with Crippen LogP contribution in [0, 0.1) is 0 Å². The molecule has 29 heavy (non-hydrogen) atoms. The lowest BCUT2D eigenvalue weighted by atomic mass is 10.0. The zero-order chi connectivity index (χ0) is 20.4. The van der Waals surface area contributed by atoms with Crippen LogP contribution in [0.1, 0.15) is 13.3 Å². The van der Waals surface area contributed by atoms with Crippen LogP contribution in [0.2, 0.25) is 0 Å². The smallest absolute Gasteiger partial charge is 0.138 e. The number of hydrogen-bond donors (Lipinski definition) is 2. The first-order valence-corrected chi connectivity index (χ1v) is 9.45. The largest absolute Gasteiger partial charge is 0.497 e. The molecule has 0 radical (unpaired) electrons. The van der Waals surface area contributed by atoms with Gasteiger partial charge in [-0.05, 0) is 36.1 Å². The van der Waals surface area contributed by atoms with E-state index in [0.717, 1.165) is 45.1 Å². The Hall–Kier alpha value is -3.45. The summed E-state index contributed by atoms with van der Waals surface area (Å²) in [5.41, 5.74) is 14.6. The number of rotatable bonds is 6. The standard InChI is InChI=1S/C22H23N5O2/c1-3-14(23)12-29-16-6-13(9-25-10-16)20-8-18-17-5-4-15(28-2)7-21(17)26-11-19(18)22(24)27-20/h4-11,14H,3,12,23H2,1-2H3,(H2,24,27)/t14-/m0/s1. The molecule has 148 valence electrons. The van der Waals surface area contributed by atoms with E-state index in [1.165, 1.54) is 0 Å². The lowest BCUT2D eigenvalue weighted by Crippen LogP contribution is -2.26. The van der Waals surface area contributed by atoms with Crippen molar-refractivity contribution in [2.45, 2.75) is 19.4 Å². The minimum absolute atomic E-state index is 0.0102. The molecule has 7 heteroatoms. The first-order valence-electron chi connectivity index (χ1n) is 9.45. The van der Waals surface area contributed by atoms with E-state index in [1.54, 1.807) is 25.7 Å². The topological polar surface area (TPSA) is 109 Å². The van der Waals surface area contributed by atoms with Crippen molar-refractivity contribution in [3.8, 4) is 22.8 Å². The zero-order valence-corrected chi connectivity index (χ0v) is 16.4. The summed E-state index contributed by atoms with van der Waals surface area (Å²) in [6.45, 7) is 2.46. The first kappa shape index (κ1) is 18.9. The summed E-state index contributed by atoms with van der Waals surface area (Å²) in [7, 11) is 1.64. The van der Waals surface area contributed by atoms with E-state index in [-0.39, 0.29) is 6.04 Å². The molecule has 4 N–H and O–H groups in total. The molecule has 7 nitrogen and oxygen atoms in total. The minimum atomic E-state index is -0.0102. The summed E-state index contributed by atoms with van der Waals surface area (Å²) in [5.74, 6) is 1.82. The van der Waals surface area contributed by atoms with Crippen molar-refractivity contribution in [1.82, 2.24) is 15.0 Å². The molecular formula is C22H23N5O2. The minimum Gasteiger partial charge on any atom is -0.497 e. The molecule has 4 rings (SSSR count). The van der Waals surface area contributed by atoms with Gasteiger partial charge in [0.2, 0.25) is 0 Å². The summed E-state index contributed by atoms with van der Waals surface area (Å²) in [4.78, 5) is 13.3. The average molecular weight is 389 g/mol. The maximum absolute atomic E-state index is 6.25. The van der Waals surface area contributed by atoms with Crippen LogP contribution in [0.5, 0.6) is 11.5 Å². The highest BCUT2D eigenvalue weighted by Crippen LogP contribution is 2.32. The number of nitrogens with zero attached hydrogens (tertiary/aromatic N) is 3. The number of anilines is 1. The van der Waals surface area contributed by atoms with E-state index in [9.17, 15) is 0 Å². The van der Waals surface area contributed by atoms with Gasteiger partial charge in [0, 0.05) is 40.8 Å². The molecule has 0 bridgehead atoms. The zero-order valence-electron chi connectivity index (χ0n) is 16.4. The second-order valence-corrected chi connectivity index (χ2v) is 6.88. The summed E-state index contributed by atoms with van der Waals surface area (Å²) < 4.78 is 11.1. The van der Waals surface area contributed by atoms with Crippen LogP contribution >= 0.6 is 0 Å². The average Bonchev–Trinajstić information content (AvgIpc) is 2.76. The number of benzene rings is 1. The third-order valence-electron chi connectivity index (χ3n) is 4.91. The fraction of sp³-hybridized carbons (Fsp3) is 0.227. The van der Waals surface area contributed by atoms with Crippen molar-refractivity contribution in [3.05, 3.63) is 48.9 Å². The van der Waals surface area contributed by atoms with Gasteiger partial charge in [0.05, 0.1) is 24.5 Å². The van der Waals surface area contributed by atoms with Gasteiger partial charge in [-0.25, -0.2) is 4.98 Å². The first-order chi connectivity index (χ1) is 14.1. The predicted octanol–water partition coefficient (Wildman–Crippen LogP) is 3.55. The number of methoxy groups -OCH3 is 1. The molecule has 3 aromatic heterocycles. The quantitative estimate of drug-likeness (QED) is 0.485. The van der Waals surface area contributed by atoms with Crippen molar-refractivity contribution >= 4 is 27.5 Å². The van der Waals surface area contributed by atoms with Gasteiger partial charge in [-0.3, -0.25) is 9.97 Å². The highest BCUT2D eigenvalue weighted by atomic mass is 16.5. The molecular weight excluding hydrogens is 366 g/mol. The molecule has 0 saturated carbocycles. The number of hydrogen-bond acceptors (Lipinski definition) is 7. The highest BCUT2D eigenvalue weighted by molar-refractivity contribution is 6.09. The van der Waals surface area contributed by atoms with Gasteiger partial charge in [-0.2, -0.15) is 0 Å². The number of ether oxygens (including phenoxy) is 2. The Morgan fingerprint density at radius 3 is 2.66 bits per heavy atom. The molecule has 0 amide bonds. The molecule has 1 aromatic carbocycles. The van der Waals surface area contributed by atoms with Crippen molar-refractivity contribution in [2.24, 2.45) is 5.73 Å². The van der Waals surface area contributed by atoms with Crippen molar-refractivity contribution in [3.63, 3.8) is 0 Å². The Bertz CT molecular complexity index is 1180. The molecule has 0 spiro atoms. The Kier molecular flexibility index (Phi) is 5.14. The molecule has 0 fully saturated rings. The second-order valence-electron chi connectivity index (χ2n) is 6.88. The molecule has 0 aliphatic rings. The van der Waals surface area contributed by atoms with Crippen molar-refractivity contribution < 1.29 is 9.47 Å². The van der Waals surface area contributed by atoms with E-state index in [4.69, 9.17) is 20.9 Å². The lowest BCUT2D eigenvalue weighted by molar-refractivity contribution is 0.284. The van der Waals surface area contributed by atoms with Crippen molar-refractivity contribution in [2.75, 3.05) is 19.5 Å². The molecule has 0 unspecified atom stereocenters. The van der Waals surface area contributed by atoms with Crippen molar-refractivity contribution in [1.29, 1.82) is 0 Å². The van der Waals surface area contributed by atoms with E-state index in [0.29, 0.717) is 18.2 Å². The van der Waals surface area contributed by atoms with Gasteiger partial charge in [-0.15, -0.1) is 0 Å². The van der Waals surface area contributed by atoms with Gasteiger partial charge in [-0.1, -0.05) is 6.92 Å². The van der Waals surface area contributed by atoms with Crippen LogP contribution in [-0.2, 0) is 0 Å². The number of pyridine rings is 3. The number of nitrogen functional groups attached to an aromatic ring is 1. The summed E-state index contributed by atoms with van der Waals surface area (Å²) in [6.07, 6.45) is 6.00. The van der Waals surface area contributed by atoms with E-state index >= 15 is 0 Å². The second kappa shape index (κ2) is 7.89. The van der Waals surface area contributed by atoms with Gasteiger partial charge in [0.25, 0.3) is 0 Å². The van der Waals surface area contributed by atoms with E-state index in [1.807, 2.05) is 37.3 Å². The SMILES string of the molecule is CC[C@H](N)COc1cncc(-c2cc3c(cnc4cc(OC)ccc43)c(N)n2)c1. The third kappa shape index (κ3) is 3.77. The third-order valence-corrected chi connectivity index (χ3v) is 4.91. The van der Waals surface area contributed by atoms with Crippen LogP contribution < -0.4 is 20.9 Å². The summed E-state index contributed by atoms with van der Waals surface area (Å²) in [6, 6.07) is 9.68. The molecule has 0 saturated heterocycles. The lowest BCUT2D eigenvalue weighted by Gasteiger charge is -2.12. The summed E-state index contributed by atoms with van der Waals surface area (Å²) >= 11 is 0.